The van der Waals surface area contributed by atoms with Gasteiger partial charge in [0.1, 0.15) is 5.69 Å². The number of amides is 1. The number of nitrogens with one attached hydrogen (secondary N) is 2. The van der Waals surface area contributed by atoms with E-state index in [1.807, 2.05) is 31.2 Å². The summed E-state index contributed by atoms with van der Waals surface area (Å²) in [5.74, 6) is 0.820. The topological polar surface area (TPSA) is 66.9 Å². The van der Waals surface area contributed by atoms with Crippen LogP contribution in [-0.4, -0.2) is 21.9 Å². The van der Waals surface area contributed by atoms with Crippen LogP contribution >= 0.6 is 0 Å². The van der Waals surface area contributed by atoms with Gasteiger partial charge >= 0.3 is 0 Å². The van der Waals surface area contributed by atoms with Crippen molar-refractivity contribution >= 4 is 17.5 Å². The number of aryl methyl sites for hydroxylation is 1. The average molecular weight is 367 g/mol. The Balaban J connectivity index is 1.69. The lowest BCUT2D eigenvalue weighted by atomic mass is 10.0. The van der Waals surface area contributed by atoms with E-state index in [4.69, 9.17) is 0 Å². The van der Waals surface area contributed by atoms with E-state index in [1.54, 1.807) is 6.07 Å². The highest BCUT2D eigenvalue weighted by molar-refractivity contribution is 6.03. The molecule has 2 aromatic rings. The third kappa shape index (κ3) is 5.52. The van der Waals surface area contributed by atoms with Crippen LogP contribution in [0.25, 0.3) is 0 Å². The van der Waals surface area contributed by atoms with Gasteiger partial charge in [0.2, 0.25) is 5.95 Å². The number of carbonyl (C=O) groups is 1. The van der Waals surface area contributed by atoms with E-state index >= 15 is 0 Å². The van der Waals surface area contributed by atoms with E-state index < -0.39 is 0 Å². The molecule has 1 saturated carbocycles. The summed E-state index contributed by atoms with van der Waals surface area (Å²) in [7, 11) is 0. The van der Waals surface area contributed by atoms with Crippen molar-refractivity contribution in [2.75, 3.05) is 10.6 Å². The second kappa shape index (κ2) is 8.98. The molecular weight excluding hydrogens is 336 g/mol. The van der Waals surface area contributed by atoms with Crippen molar-refractivity contribution in [3.05, 3.63) is 47.3 Å². The maximum Gasteiger partial charge on any atom is 0.274 e. The minimum Gasteiger partial charge on any atom is -0.351 e. The van der Waals surface area contributed by atoms with Crippen molar-refractivity contribution in [1.82, 2.24) is 9.97 Å². The Kier molecular flexibility index (Phi) is 6.43. The molecule has 0 aliphatic heterocycles. The van der Waals surface area contributed by atoms with Crippen LogP contribution in [0.15, 0.2) is 30.3 Å². The Bertz CT molecular complexity index is 762. The number of hydrogen-bond donors (Lipinski definition) is 2. The van der Waals surface area contributed by atoms with Crippen molar-refractivity contribution in [2.24, 2.45) is 0 Å². The van der Waals surface area contributed by atoms with Crippen LogP contribution in [0, 0.1) is 6.92 Å². The molecule has 1 aromatic carbocycles. The Morgan fingerprint density at radius 1 is 1.04 bits per heavy atom. The van der Waals surface area contributed by atoms with E-state index in [2.05, 4.69) is 34.4 Å². The molecule has 3 rings (SSSR count). The molecular formula is C22H30N4O. The summed E-state index contributed by atoms with van der Waals surface area (Å²) < 4.78 is 0. The number of benzene rings is 1. The quantitative estimate of drug-likeness (QED) is 0.705. The van der Waals surface area contributed by atoms with E-state index in [9.17, 15) is 4.79 Å². The predicted molar refractivity (Wildman–Crippen MR) is 110 cm³/mol. The summed E-state index contributed by atoms with van der Waals surface area (Å²) in [5.41, 5.74) is 3.22. The summed E-state index contributed by atoms with van der Waals surface area (Å²) in [6, 6.07) is 10.1. The summed E-state index contributed by atoms with van der Waals surface area (Å²) in [4.78, 5) is 21.6. The molecule has 0 radical (unpaired) electrons. The summed E-state index contributed by atoms with van der Waals surface area (Å²) in [6.45, 7) is 6.20. The molecule has 1 aromatic heterocycles. The Morgan fingerprint density at radius 3 is 2.33 bits per heavy atom. The van der Waals surface area contributed by atoms with Gasteiger partial charge in [-0.1, -0.05) is 51.7 Å². The summed E-state index contributed by atoms with van der Waals surface area (Å²) in [6.07, 6.45) is 7.36. The molecule has 1 amide bonds. The second-order valence-corrected chi connectivity index (χ2v) is 7.78. The highest BCUT2D eigenvalue weighted by Gasteiger charge is 2.16. The van der Waals surface area contributed by atoms with Gasteiger partial charge in [0.05, 0.1) is 0 Å². The number of carbonyl (C=O) groups excluding carboxylic acids is 1. The van der Waals surface area contributed by atoms with Crippen molar-refractivity contribution in [3.8, 4) is 0 Å². The third-order valence-corrected chi connectivity index (χ3v) is 5.11. The Hall–Kier alpha value is -2.43. The largest absolute Gasteiger partial charge is 0.351 e. The maximum absolute atomic E-state index is 12.7. The molecule has 144 valence electrons. The first kappa shape index (κ1) is 19.3. The molecule has 5 nitrogen and oxygen atoms in total. The average Bonchev–Trinajstić information content (AvgIpc) is 2.90. The molecule has 0 atom stereocenters. The van der Waals surface area contributed by atoms with Gasteiger partial charge < -0.3 is 10.6 Å². The highest BCUT2D eigenvalue weighted by Crippen LogP contribution is 2.21. The molecule has 1 aliphatic carbocycles. The van der Waals surface area contributed by atoms with Gasteiger partial charge in [-0.25, -0.2) is 9.97 Å². The normalized spacial score (nSPS) is 15.4. The van der Waals surface area contributed by atoms with E-state index in [0.29, 0.717) is 23.6 Å². The van der Waals surface area contributed by atoms with Crippen molar-refractivity contribution in [3.63, 3.8) is 0 Å². The number of rotatable bonds is 5. The molecule has 1 heterocycles. The zero-order valence-electron chi connectivity index (χ0n) is 16.6. The van der Waals surface area contributed by atoms with Crippen LogP contribution in [0.1, 0.15) is 80.0 Å². The van der Waals surface area contributed by atoms with Crippen LogP contribution in [0.5, 0.6) is 0 Å². The first-order chi connectivity index (χ1) is 13.0. The SMILES string of the molecule is Cc1cc(C(=O)Nc2ccc(C(C)C)cc2)nc(NC2CCCCCC2)n1. The van der Waals surface area contributed by atoms with Gasteiger partial charge in [0.15, 0.2) is 0 Å². The van der Waals surface area contributed by atoms with Crippen LogP contribution in [-0.2, 0) is 0 Å². The van der Waals surface area contributed by atoms with E-state index in [-0.39, 0.29) is 5.91 Å². The maximum atomic E-state index is 12.7. The van der Waals surface area contributed by atoms with Crippen molar-refractivity contribution in [2.45, 2.75) is 71.3 Å². The first-order valence-corrected chi connectivity index (χ1v) is 10.0. The molecule has 0 unspecified atom stereocenters. The zero-order chi connectivity index (χ0) is 19.2. The fraction of sp³-hybridized carbons (Fsp3) is 0.500. The number of hydrogen-bond acceptors (Lipinski definition) is 4. The standard InChI is InChI=1S/C22H30N4O/c1-15(2)17-10-12-19(13-11-17)24-21(27)20-14-16(3)23-22(26-20)25-18-8-6-4-5-7-9-18/h10-15,18H,4-9H2,1-3H3,(H,24,27)(H,23,25,26). The van der Waals surface area contributed by atoms with Gasteiger partial charge in [0.25, 0.3) is 5.91 Å². The molecule has 1 fully saturated rings. The third-order valence-electron chi connectivity index (χ3n) is 5.11. The van der Waals surface area contributed by atoms with Crippen molar-refractivity contribution in [1.29, 1.82) is 0 Å². The van der Waals surface area contributed by atoms with Gasteiger partial charge in [-0.15, -0.1) is 0 Å². The van der Waals surface area contributed by atoms with Gasteiger partial charge in [-0.2, -0.15) is 0 Å². The van der Waals surface area contributed by atoms with Gasteiger partial charge in [-0.3, -0.25) is 4.79 Å². The Labute approximate surface area is 162 Å². The first-order valence-electron chi connectivity index (χ1n) is 10.0. The number of nitrogens with zero attached hydrogens (tertiary/aromatic N) is 2. The van der Waals surface area contributed by atoms with Crippen LogP contribution in [0.3, 0.4) is 0 Å². The molecule has 5 heteroatoms. The fourth-order valence-electron chi connectivity index (χ4n) is 3.50. The van der Waals surface area contributed by atoms with Gasteiger partial charge in [0, 0.05) is 17.4 Å². The van der Waals surface area contributed by atoms with E-state index in [0.717, 1.165) is 24.2 Å². The molecule has 0 bridgehead atoms. The Morgan fingerprint density at radius 2 is 1.70 bits per heavy atom. The zero-order valence-corrected chi connectivity index (χ0v) is 16.6. The lowest BCUT2D eigenvalue weighted by molar-refractivity contribution is 0.102. The highest BCUT2D eigenvalue weighted by atomic mass is 16.1. The van der Waals surface area contributed by atoms with Gasteiger partial charge in [-0.05, 0) is 49.4 Å². The molecule has 1 aliphatic rings. The number of aromatic nitrogens is 2. The second-order valence-electron chi connectivity index (χ2n) is 7.78. The van der Waals surface area contributed by atoms with Crippen LogP contribution < -0.4 is 10.6 Å². The summed E-state index contributed by atoms with van der Waals surface area (Å²) >= 11 is 0. The molecule has 0 saturated heterocycles. The lowest BCUT2D eigenvalue weighted by Gasteiger charge is -2.17. The minimum absolute atomic E-state index is 0.207. The summed E-state index contributed by atoms with van der Waals surface area (Å²) in [5, 5.41) is 6.37. The van der Waals surface area contributed by atoms with Crippen LogP contribution in [0.4, 0.5) is 11.6 Å². The molecule has 27 heavy (non-hydrogen) atoms. The van der Waals surface area contributed by atoms with Crippen LogP contribution in [0.2, 0.25) is 0 Å². The lowest BCUT2D eigenvalue weighted by Crippen LogP contribution is -2.22. The van der Waals surface area contributed by atoms with Crippen molar-refractivity contribution < 1.29 is 4.79 Å². The predicted octanol–water partition coefficient (Wildman–Crippen LogP) is 5.30. The smallest absolute Gasteiger partial charge is 0.274 e. The molecule has 2 N–H and O–H groups in total. The fourth-order valence-corrected chi connectivity index (χ4v) is 3.50. The molecule has 0 spiro atoms. The number of anilines is 2. The minimum atomic E-state index is -0.207. The monoisotopic (exact) mass is 366 g/mol. The van der Waals surface area contributed by atoms with E-state index in [1.165, 1.54) is 31.2 Å².